The minimum absolute atomic E-state index is 0.212. The van der Waals surface area contributed by atoms with E-state index < -0.39 is 32.2 Å². The largest absolute Gasteiger partial charge is 0.489 e. The predicted molar refractivity (Wildman–Crippen MR) is 55.9 cm³/mol. The summed E-state index contributed by atoms with van der Waals surface area (Å²) >= 11 is 0. The summed E-state index contributed by atoms with van der Waals surface area (Å²) in [5.74, 6) is -0.212. The van der Waals surface area contributed by atoms with Gasteiger partial charge >= 0.3 is 0 Å². The number of sulfonamides is 1. The molecule has 0 aliphatic carbocycles. The van der Waals surface area contributed by atoms with Gasteiger partial charge in [-0.2, -0.15) is 0 Å². The van der Waals surface area contributed by atoms with Gasteiger partial charge in [0.25, 0.3) is 5.69 Å². The molecular weight excluding hydrogens is 255 g/mol. The number of ether oxygens (including phenoxy) is 1. The number of alkyl halides is 1. The van der Waals surface area contributed by atoms with Gasteiger partial charge in [-0.25, -0.2) is 17.9 Å². The molecule has 0 unspecified atom stereocenters. The third-order valence-corrected chi connectivity index (χ3v) is 2.71. The Morgan fingerprint density at radius 3 is 2.59 bits per heavy atom. The molecule has 0 heterocycles. The highest BCUT2D eigenvalue weighted by molar-refractivity contribution is 7.89. The molecule has 7 nitrogen and oxygen atoms in total. The van der Waals surface area contributed by atoms with Crippen LogP contribution in [0.2, 0.25) is 0 Å². The van der Waals surface area contributed by atoms with Crippen molar-refractivity contribution in [3.63, 3.8) is 0 Å². The van der Waals surface area contributed by atoms with Crippen molar-refractivity contribution in [3.8, 4) is 5.75 Å². The van der Waals surface area contributed by atoms with Crippen molar-refractivity contribution in [1.29, 1.82) is 0 Å². The molecule has 0 atom stereocenters. The molecule has 1 aromatic carbocycles. The summed E-state index contributed by atoms with van der Waals surface area (Å²) in [6.07, 6.45) is 0. The van der Waals surface area contributed by atoms with Gasteiger partial charge in [0.15, 0.2) is 0 Å². The third kappa shape index (κ3) is 3.36. The van der Waals surface area contributed by atoms with Gasteiger partial charge in [0.2, 0.25) is 10.0 Å². The standard InChI is InChI=1S/C8H9FN2O5S/c9-3-4-16-7-2-1-6(11(12)13)5-8(7)17(10,14)15/h1-2,5H,3-4H2,(H2,10,14,15). The van der Waals surface area contributed by atoms with E-state index in [-0.39, 0.29) is 12.4 Å². The molecule has 94 valence electrons. The first kappa shape index (κ1) is 13.3. The highest BCUT2D eigenvalue weighted by atomic mass is 32.2. The Balaban J connectivity index is 3.27. The van der Waals surface area contributed by atoms with Crippen molar-refractivity contribution >= 4 is 15.7 Å². The molecular formula is C8H9FN2O5S. The van der Waals surface area contributed by atoms with Crippen LogP contribution in [-0.4, -0.2) is 26.6 Å². The Hall–Kier alpha value is -1.74. The van der Waals surface area contributed by atoms with E-state index in [0.717, 1.165) is 18.2 Å². The summed E-state index contributed by atoms with van der Waals surface area (Å²) in [6.45, 7) is -1.18. The zero-order valence-corrected chi connectivity index (χ0v) is 9.31. The Morgan fingerprint density at radius 1 is 1.47 bits per heavy atom. The van der Waals surface area contributed by atoms with Gasteiger partial charge in [-0.15, -0.1) is 0 Å². The van der Waals surface area contributed by atoms with Crippen LogP contribution in [0.25, 0.3) is 0 Å². The van der Waals surface area contributed by atoms with E-state index in [0.29, 0.717) is 0 Å². The summed E-state index contributed by atoms with van der Waals surface area (Å²) in [7, 11) is -4.17. The molecule has 0 aliphatic rings. The van der Waals surface area contributed by atoms with Gasteiger partial charge in [-0.3, -0.25) is 10.1 Å². The third-order valence-electron chi connectivity index (χ3n) is 1.78. The van der Waals surface area contributed by atoms with Crippen LogP contribution in [0.1, 0.15) is 0 Å². The number of nitrogens with two attached hydrogens (primary N) is 1. The van der Waals surface area contributed by atoms with Gasteiger partial charge in [0, 0.05) is 12.1 Å². The average Bonchev–Trinajstić information content (AvgIpc) is 2.24. The number of nitro groups is 1. The first-order valence-corrected chi connectivity index (χ1v) is 5.91. The maximum Gasteiger partial charge on any atom is 0.271 e. The normalized spacial score (nSPS) is 11.2. The second kappa shape index (κ2) is 5.06. The Labute approximate surface area is 96.2 Å². The number of non-ortho nitro benzene ring substituents is 1. The molecule has 0 aromatic heterocycles. The minimum Gasteiger partial charge on any atom is -0.489 e. The van der Waals surface area contributed by atoms with Crippen LogP contribution < -0.4 is 9.88 Å². The maximum absolute atomic E-state index is 11.9. The molecule has 0 radical (unpaired) electrons. The Morgan fingerprint density at radius 2 is 2.12 bits per heavy atom. The zero-order chi connectivity index (χ0) is 13.1. The van der Waals surface area contributed by atoms with Crippen molar-refractivity contribution in [2.24, 2.45) is 5.14 Å². The summed E-state index contributed by atoms with van der Waals surface area (Å²) in [5.41, 5.74) is -0.443. The first-order chi connectivity index (χ1) is 7.86. The lowest BCUT2D eigenvalue weighted by Gasteiger charge is -2.08. The van der Waals surface area contributed by atoms with Gasteiger partial charge in [-0.05, 0) is 6.07 Å². The summed E-state index contributed by atoms with van der Waals surface area (Å²) in [6, 6.07) is 2.87. The monoisotopic (exact) mass is 264 g/mol. The summed E-state index contributed by atoms with van der Waals surface area (Å²) in [5, 5.41) is 15.3. The number of halogens is 1. The molecule has 2 N–H and O–H groups in total. The number of rotatable bonds is 5. The van der Waals surface area contributed by atoms with Gasteiger partial charge in [-0.1, -0.05) is 0 Å². The Kier molecular flexibility index (Phi) is 3.97. The first-order valence-electron chi connectivity index (χ1n) is 4.36. The van der Waals surface area contributed by atoms with E-state index in [9.17, 15) is 22.9 Å². The van der Waals surface area contributed by atoms with E-state index >= 15 is 0 Å². The highest BCUT2D eigenvalue weighted by Crippen LogP contribution is 2.27. The lowest BCUT2D eigenvalue weighted by Crippen LogP contribution is -2.14. The average molecular weight is 264 g/mol. The van der Waals surface area contributed by atoms with Crippen LogP contribution >= 0.6 is 0 Å². The topological polar surface area (TPSA) is 113 Å². The van der Waals surface area contributed by atoms with Crippen LogP contribution in [-0.2, 0) is 10.0 Å². The lowest BCUT2D eigenvalue weighted by molar-refractivity contribution is -0.385. The number of nitro benzene ring substituents is 1. The number of hydrogen-bond donors (Lipinski definition) is 1. The Bertz CT molecular complexity index is 531. The van der Waals surface area contributed by atoms with Crippen LogP contribution in [0.5, 0.6) is 5.75 Å². The van der Waals surface area contributed by atoms with E-state index in [2.05, 4.69) is 0 Å². The van der Waals surface area contributed by atoms with E-state index in [1.807, 2.05) is 0 Å². The number of nitrogens with zero attached hydrogens (tertiary/aromatic N) is 1. The van der Waals surface area contributed by atoms with Crippen molar-refractivity contribution in [1.82, 2.24) is 0 Å². The fourth-order valence-corrected chi connectivity index (χ4v) is 1.79. The smallest absolute Gasteiger partial charge is 0.271 e. The molecule has 9 heteroatoms. The SMILES string of the molecule is NS(=O)(=O)c1cc([N+](=O)[O-])ccc1OCCF. The second-order valence-electron chi connectivity index (χ2n) is 2.97. The fourth-order valence-electron chi connectivity index (χ4n) is 1.10. The highest BCUT2D eigenvalue weighted by Gasteiger charge is 2.19. The number of hydrogen-bond acceptors (Lipinski definition) is 5. The van der Waals surface area contributed by atoms with Gasteiger partial charge in [0.1, 0.15) is 23.9 Å². The quantitative estimate of drug-likeness (QED) is 0.617. The number of primary sulfonamides is 1. The van der Waals surface area contributed by atoms with E-state index in [4.69, 9.17) is 9.88 Å². The maximum atomic E-state index is 11.9. The molecule has 1 aromatic rings. The fraction of sp³-hybridized carbons (Fsp3) is 0.250. The van der Waals surface area contributed by atoms with E-state index in [1.165, 1.54) is 0 Å². The molecule has 0 bridgehead atoms. The summed E-state index contributed by atoms with van der Waals surface area (Å²) < 4.78 is 39.0. The van der Waals surface area contributed by atoms with Crippen molar-refractivity contribution < 1.29 is 22.5 Å². The molecule has 0 spiro atoms. The van der Waals surface area contributed by atoms with Crippen molar-refractivity contribution in [3.05, 3.63) is 28.3 Å². The van der Waals surface area contributed by atoms with Crippen LogP contribution in [0.4, 0.5) is 10.1 Å². The molecule has 1 rings (SSSR count). The van der Waals surface area contributed by atoms with Crippen LogP contribution in [0, 0.1) is 10.1 Å². The molecule has 0 saturated carbocycles. The predicted octanol–water partition coefficient (Wildman–Crippen LogP) is 0.591. The number of benzene rings is 1. The second-order valence-corrected chi connectivity index (χ2v) is 4.50. The molecule has 0 fully saturated rings. The van der Waals surface area contributed by atoms with Gasteiger partial charge < -0.3 is 4.74 Å². The molecule has 17 heavy (non-hydrogen) atoms. The lowest BCUT2D eigenvalue weighted by atomic mass is 10.3. The van der Waals surface area contributed by atoms with Crippen LogP contribution in [0.15, 0.2) is 23.1 Å². The molecule has 0 amide bonds. The van der Waals surface area contributed by atoms with Crippen molar-refractivity contribution in [2.45, 2.75) is 4.90 Å². The van der Waals surface area contributed by atoms with Crippen LogP contribution in [0.3, 0.4) is 0 Å². The molecule has 0 aliphatic heterocycles. The van der Waals surface area contributed by atoms with Gasteiger partial charge in [0.05, 0.1) is 4.92 Å². The summed E-state index contributed by atoms with van der Waals surface area (Å²) in [4.78, 5) is 9.16. The zero-order valence-electron chi connectivity index (χ0n) is 8.50. The minimum atomic E-state index is -4.17. The van der Waals surface area contributed by atoms with Crippen molar-refractivity contribution in [2.75, 3.05) is 13.3 Å². The van der Waals surface area contributed by atoms with E-state index in [1.54, 1.807) is 0 Å². The molecule has 0 saturated heterocycles.